The maximum Gasteiger partial charge on any atom is 0.0672 e. The van der Waals surface area contributed by atoms with Crippen molar-refractivity contribution >= 4 is 11.6 Å². The Morgan fingerprint density at radius 1 is 1.37 bits per heavy atom. The lowest BCUT2D eigenvalue weighted by Gasteiger charge is -2.36. The highest BCUT2D eigenvalue weighted by atomic mass is 35.5. The van der Waals surface area contributed by atoms with Gasteiger partial charge in [0.25, 0.3) is 0 Å². The number of aliphatic hydroxyl groups is 1. The molecular weight excluding hydrogens is 260 g/mol. The van der Waals surface area contributed by atoms with Crippen molar-refractivity contribution in [2.24, 2.45) is 0 Å². The molecule has 2 N–H and O–H groups in total. The molecule has 1 aliphatic rings. The van der Waals surface area contributed by atoms with Crippen LogP contribution in [0, 0.1) is 0 Å². The second-order valence-corrected chi connectivity index (χ2v) is 6.25. The Kier molecular flexibility index (Phi) is 4.85. The van der Waals surface area contributed by atoms with Gasteiger partial charge in [-0.2, -0.15) is 0 Å². The number of rotatable bonds is 4. The van der Waals surface area contributed by atoms with Gasteiger partial charge in [0.1, 0.15) is 0 Å². The molecule has 2 rings (SSSR count). The van der Waals surface area contributed by atoms with Crippen molar-refractivity contribution in [2.45, 2.75) is 25.4 Å². The monoisotopic (exact) mass is 282 g/mol. The summed E-state index contributed by atoms with van der Waals surface area (Å²) in [5.41, 5.74) is 0.355. The highest BCUT2D eigenvalue weighted by Gasteiger charge is 2.30. The zero-order valence-electron chi connectivity index (χ0n) is 11.7. The topological polar surface area (TPSA) is 35.5 Å². The number of hydrogen-bond acceptors (Lipinski definition) is 3. The number of piperazine rings is 1. The van der Waals surface area contributed by atoms with Gasteiger partial charge in [-0.1, -0.05) is 23.7 Å². The summed E-state index contributed by atoms with van der Waals surface area (Å²) in [6, 6.07) is 7.84. The van der Waals surface area contributed by atoms with E-state index in [4.69, 9.17) is 11.6 Å². The van der Waals surface area contributed by atoms with Gasteiger partial charge in [-0.3, -0.25) is 0 Å². The van der Waals surface area contributed by atoms with Gasteiger partial charge in [0, 0.05) is 43.7 Å². The Balaban J connectivity index is 2.16. The molecule has 0 aromatic heterocycles. The summed E-state index contributed by atoms with van der Waals surface area (Å²) in [6.45, 7) is 8.73. The first-order valence-electron chi connectivity index (χ1n) is 6.88. The van der Waals surface area contributed by atoms with Gasteiger partial charge in [-0.15, -0.1) is 0 Å². The van der Waals surface area contributed by atoms with Crippen LogP contribution < -0.4 is 5.32 Å². The molecule has 1 aromatic carbocycles. The normalized spacial score (nSPS) is 19.4. The van der Waals surface area contributed by atoms with Gasteiger partial charge in [-0.25, -0.2) is 0 Å². The van der Waals surface area contributed by atoms with Crippen LogP contribution >= 0.6 is 11.6 Å². The second kappa shape index (κ2) is 6.23. The molecule has 1 atom stereocenters. The number of nitrogens with one attached hydrogen (secondary N) is 1. The first kappa shape index (κ1) is 14.8. The van der Waals surface area contributed by atoms with Crippen molar-refractivity contribution < 1.29 is 5.11 Å². The zero-order valence-corrected chi connectivity index (χ0v) is 12.5. The van der Waals surface area contributed by atoms with Crippen molar-refractivity contribution in [1.82, 2.24) is 10.2 Å². The van der Waals surface area contributed by atoms with Crippen molar-refractivity contribution in [2.75, 3.05) is 32.7 Å². The standard InChI is InChI=1S/C15H23ClN2O/c1-15(2,19)14(11-18-8-6-17-7-9-18)12-4-3-5-13(16)10-12/h3-5,10,14,17,19H,6-9,11H2,1-2H3. The summed E-state index contributed by atoms with van der Waals surface area (Å²) in [5, 5.41) is 14.5. The molecule has 1 aliphatic heterocycles. The Hall–Kier alpha value is -0.610. The van der Waals surface area contributed by atoms with Crippen molar-refractivity contribution in [1.29, 1.82) is 0 Å². The Labute approximate surface area is 120 Å². The fraction of sp³-hybridized carbons (Fsp3) is 0.600. The molecule has 0 radical (unpaired) electrons. The minimum absolute atomic E-state index is 0.0734. The third-order valence-corrected chi connectivity index (χ3v) is 3.99. The van der Waals surface area contributed by atoms with Gasteiger partial charge in [0.15, 0.2) is 0 Å². The molecule has 1 heterocycles. The van der Waals surface area contributed by atoms with Crippen LogP contribution in [0.4, 0.5) is 0 Å². The molecule has 19 heavy (non-hydrogen) atoms. The number of nitrogens with zero attached hydrogens (tertiary/aromatic N) is 1. The molecule has 0 spiro atoms. The summed E-state index contributed by atoms with van der Waals surface area (Å²) >= 11 is 6.08. The highest BCUT2D eigenvalue weighted by molar-refractivity contribution is 6.30. The fourth-order valence-electron chi connectivity index (χ4n) is 2.61. The lowest BCUT2D eigenvalue weighted by atomic mass is 9.84. The van der Waals surface area contributed by atoms with E-state index in [0.29, 0.717) is 0 Å². The van der Waals surface area contributed by atoms with E-state index in [2.05, 4.69) is 16.3 Å². The van der Waals surface area contributed by atoms with E-state index in [9.17, 15) is 5.11 Å². The van der Waals surface area contributed by atoms with Gasteiger partial charge in [-0.05, 0) is 31.5 Å². The zero-order chi connectivity index (χ0) is 13.9. The van der Waals surface area contributed by atoms with Crippen LogP contribution in [0.1, 0.15) is 25.3 Å². The third-order valence-electron chi connectivity index (χ3n) is 3.75. The van der Waals surface area contributed by atoms with E-state index in [1.807, 2.05) is 32.0 Å². The largest absolute Gasteiger partial charge is 0.390 e. The maximum atomic E-state index is 10.5. The number of hydrogen-bond donors (Lipinski definition) is 2. The lowest BCUT2D eigenvalue weighted by molar-refractivity contribution is 0.0329. The summed E-state index contributed by atoms with van der Waals surface area (Å²) in [4.78, 5) is 2.40. The fourth-order valence-corrected chi connectivity index (χ4v) is 2.81. The number of halogens is 1. The van der Waals surface area contributed by atoms with Crippen molar-refractivity contribution in [3.8, 4) is 0 Å². The Morgan fingerprint density at radius 2 is 2.05 bits per heavy atom. The molecule has 1 fully saturated rings. The molecule has 0 aliphatic carbocycles. The smallest absolute Gasteiger partial charge is 0.0672 e. The Morgan fingerprint density at radius 3 is 2.63 bits per heavy atom. The van der Waals surface area contributed by atoms with E-state index in [0.717, 1.165) is 43.3 Å². The van der Waals surface area contributed by atoms with Crippen LogP contribution in [0.3, 0.4) is 0 Å². The van der Waals surface area contributed by atoms with E-state index in [-0.39, 0.29) is 5.92 Å². The molecule has 1 saturated heterocycles. The van der Waals surface area contributed by atoms with Crippen LogP contribution in [-0.4, -0.2) is 48.3 Å². The lowest BCUT2D eigenvalue weighted by Crippen LogP contribution is -2.47. The number of benzene rings is 1. The SMILES string of the molecule is CC(C)(O)C(CN1CCNCC1)c1cccc(Cl)c1. The summed E-state index contributed by atoms with van der Waals surface area (Å²) in [5.74, 6) is 0.0734. The van der Waals surface area contributed by atoms with E-state index < -0.39 is 5.60 Å². The van der Waals surface area contributed by atoms with Crippen molar-refractivity contribution in [3.05, 3.63) is 34.9 Å². The summed E-state index contributed by atoms with van der Waals surface area (Å²) in [7, 11) is 0. The van der Waals surface area contributed by atoms with Gasteiger partial charge in [0.2, 0.25) is 0 Å². The molecule has 106 valence electrons. The van der Waals surface area contributed by atoms with Crippen molar-refractivity contribution in [3.63, 3.8) is 0 Å². The van der Waals surface area contributed by atoms with Crippen LogP contribution in [0.2, 0.25) is 5.02 Å². The van der Waals surface area contributed by atoms with Crippen LogP contribution in [0.25, 0.3) is 0 Å². The van der Waals surface area contributed by atoms with E-state index >= 15 is 0 Å². The second-order valence-electron chi connectivity index (χ2n) is 5.81. The first-order chi connectivity index (χ1) is 8.97. The summed E-state index contributed by atoms with van der Waals surface area (Å²) < 4.78 is 0. The molecular formula is C15H23ClN2O. The van der Waals surface area contributed by atoms with Crippen LogP contribution in [0.15, 0.2) is 24.3 Å². The average Bonchev–Trinajstić information content (AvgIpc) is 2.36. The van der Waals surface area contributed by atoms with Gasteiger partial charge in [0.05, 0.1) is 5.60 Å². The van der Waals surface area contributed by atoms with Crippen LogP contribution in [-0.2, 0) is 0 Å². The maximum absolute atomic E-state index is 10.5. The minimum atomic E-state index is -0.754. The quantitative estimate of drug-likeness (QED) is 0.888. The van der Waals surface area contributed by atoms with Gasteiger partial charge < -0.3 is 15.3 Å². The third kappa shape index (κ3) is 4.18. The van der Waals surface area contributed by atoms with Crippen LogP contribution in [0.5, 0.6) is 0 Å². The molecule has 4 heteroatoms. The average molecular weight is 283 g/mol. The molecule has 0 saturated carbocycles. The highest BCUT2D eigenvalue weighted by Crippen LogP contribution is 2.30. The molecule has 1 unspecified atom stereocenters. The van der Waals surface area contributed by atoms with E-state index in [1.165, 1.54) is 0 Å². The van der Waals surface area contributed by atoms with Gasteiger partial charge >= 0.3 is 0 Å². The Bertz CT molecular complexity index is 411. The summed E-state index contributed by atoms with van der Waals surface area (Å²) in [6.07, 6.45) is 0. The van der Waals surface area contributed by atoms with E-state index in [1.54, 1.807) is 0 Å². The molecule has 0 bridgehead atoms. The first-order valence-corrected chi connectivity index (χ1v) is 7.25. The molecule has 1 aromatic rings. The predicted octanol–water partition coefficient (Wildman–Crippen LogP) is 2.10. The molecule has 0 amide bonds. The minimum Gasteiger partial charge on any atom is -0.390 e. The predicted molar refractivity (Wildman–Crippen MR) is 79.8 cm³/mol. The molecule has 3 nitrogen and oxygen atoms in total.